The number of phenolic OH excluding ortho intramolecular Hbond substituents is 1. The van der Waals surface area contributed by atoms with Gasteiger partial charge in [0.1, 0.15) is 23.9 Å². The molecule has 2 heterocycles. The van der Waals surface area contributed by atoms with Crippen LogP contribution in [0.15, 0.2) is 48.7 Å². The molecule has 3 amide bonds. The summed E-state index contributed by atoms with van der Waals surface area (Å²) >= 11 is 0. The Morgan fingerprint density at radius 1 is 0.951 bits per heavy atom. The molecule has 0 saturated carbocycles. The molecule has 0 unspecified atom stereocenters. The smallest absolute Gasteiger partial charge is 0.326 e. The molecule has 0 spiro atoms. The molecule has 0 bridgehead atoms. The average Bonchev–Trinajstić information content (AvgIpc) is 3.46. The van der Waals surface area contributed by atoms with E-state index < -0.39 is 42.0 Å². The van der Waals surface area contributed by atoms with Crippen LogP contribution >= 0.6 is 0 Å². The highest BCUT2D eigenvalue weighted by Gasteiger charge is 2.32. The zero-order chi connectivity index (χ0) is 30.0. The van der Waals surface area contributed by atoms with E-state index in [4.69, 9.17) is 0 Å². The molecule has 1 aromatic heterocycles. The zero-order valence-corrected chi connectivity index (χ0v) is 23.9. The maximum atomic E-state index is 13.6. The summed E-state index contributed by atoms with van der Waals surface area (Å²) in [5.74, 6) is -2.66. The number of carbonyl (C=O) groups excluding carboxylic acids is 3. The SMILES string of the molecule is CC(C)(C)CC[C@H](NC(=O)[C@H](Cc1ccccn1)NC(=O)[C@H](Cc1ccc(O)cc1)NC(=O)[C@@H]1CCCN1)C(=O)O. The number of carbonyl (C=O) groups is 4. The molecule has 41 heavy (non-hydrogen) atoms. The molecule has 1 aliphatic heterocycles. The number of carboxylic acids is 1. The normalized spacial score (nSPS) is 17.2. The van der Waals surface area contributed by atoms with Crippen molar-refractivity contribution in [1.29, 1.82) is 0 Å². The molecule has 11 heteroatoms. The summed E-state index contributed by atoms with van der Waals surface area (Å²) in [5.41, 5.74) is 1.10. The maximum Gasteiger partial charge on any atom is 0.326 e. The van der Waals surface area contributed by atoms with Gasteiger partial charge in [-0.1, -0.05) is 39.0 Å². The Morgan fingerprint density at radius 2 is 1.61 bits per heavy atom. The molecule has 4 atom stereocenters. The van der Waals surface area contributed by atoms with Gasteiger partial charge in [0.15, 0.2) is 0 Å². The first-order valence-corrected chi connectivity index (χ1v) is 14.0. The Balaban J connectivity index is 1.81. The van der Waals surface area contributed by atoms with E-state index >= 15 is 0 Å². The zero-order valence-electron chi connectivity index (χ0n) is 23.9. The Kier molecular flexibility index (Phi) is 11.2. The van der Waals surface area contributed by atoms with Gasteiger partial charge in [-0.3, -0.25) is 19.4 Å². The highest BCUT2D eigenvalue weighted by molar-refractivity contribution is 5.94. The molecule has 1 saturated heterocycles. The number of aliphatic carboxylic acids is 1. The first-order chi connectivity index (χ1) is 19.4. The summed E-state index contributed by atoms with van der Waals surface area (Å²) in [4.78, 5) is 56.2. The molecule has 2 aromatic rings. The van der Waals surface area contributed by atoms with Gasteiger partial charge in [-0.2, -0.15) is 0 Å². The molecule has 11 nitrogen and oxygen atoms in total. The van der Waals surface area contributed by atoms with E-state index in [-0.39, 0.29) is 36.3 Å². The van der Waals surface area contributed by atoms with E-state index in [1.807, 2.05) is 20.8 Å². The number of hydrogen-bond donors (Lipinski definition) is 6. The van der Waals surface area contributed by atoms with Gasteiger partial charge in [0, 0.05) is 24.7 Å². The van der Waals surface area contributed by atoms with Crippen molar-refractivity contribution in [3.8, 4) is 5.75 Å². The Bertz CT molecular complexity index is 1180. The van der Waals surface area contributed by atoms with Crippen LogP contribution in [-0.4, -0.2) is 69.6 Å². The Morgan fingerprint density at radius 3 is 2.17 bits per heavy atom. The van der Waals surface area contributed by atoms with Crippen LogP contribution in [0.4, 0.5) is 0 Å². The number of aromatic nitrogens is 1. The molecular weight excluding hydrogens is 526 g/mol. The minimum absolute atomic E-state index is 0.0219. The van der Waals surface area contributed by atoms with Crippen molar-refractivity contribution in [2.24, 2.45) is 5.41 Å². The van der Waals surface area contributed by atoms with Crippen LogP contribution in [0.1, 0.15) is 57.7 Å². The molecule has 1 aromatic carbocycles. The lowest BCUT2D eigenvalue weighted by Crippen LogP contribution is -2.58. The fourth-order valence-electron chi connectivity index (χ4n) is 4.57. The molecule has 0 radical (unpaired) electrons. The maximum absolute atomic E-state index is 13.6. The number of pyridine rings is 1. The van der Waals surface area contributed by atoms with E-state index in [1.54, 1.807) is 36.5 Å². The van der Waals surface area contributed by atoms with Gasteiger partial charge in [0.25, 0.3) is 0 Å². The number of rotatable bonds is 13. The summed E-state index contributed by atoms with van der Waals surface area (Å²) in [6.07, 6.45) is 3.99. The number of hydrogen-bond acceptors (Lipinski definition) is 7. The van der Waals surface area contributed by atoms with Gasteiger partial charge in [0.2, 0.25) is 17.7 Å². The second kappa shape index (κ2) is 14.6. The molecule has 3 rings (SSSR count). The van der Waals surface area contributed by atoms with Gasteiger partial charge in [-0.15, -0.1) is 0 Å². The molecule has 0 aliphatic carbocycles. The fourth-order valence-corrected chi connectivity index (χ4v) is 4.57. The molecule has 6 N–H and O–H groups in total. The van der Waals surface area contributed by atoms with E-state index in [0.29, 0.717) is 30.6 Å². The Labute approximate surface area is 240 Å². The van der Waals surface area contributed by atoms with Crippen molar-refractivity contribution in [2.45, 2.75) is 83.5 Å². The van der Waals surface area contributed by atoms with Crippen LogP contribution in [-0.2, 0) is 32.0 Å². The predicted octanol–water partition coefficient (Wildman–Crippen LogP) is 1.69. The van der Waals surface area contributed by atoms with E-state index in [0.717, 1.165) is 6.42 Å². The number of amides is 3. The first kappa shape index (κ1) is 31.5. The van der Waals surface area contributed by atoms with E-state index in [1.165, 1.54) is 12.1 Å². The number of aromatic hydroxyl groups is 1. The van der Waals surface area contributed by atoms with Crippen LogP contribution in [0.2, 0.25) is 0 Å². The van der Waals surface area contributed by atoms with Crippen molar-refractivity contribution in [3.63, 3.8) is 0 Å². The molecule has 1 aliphatic rings. The van der Waals surface area contributed by atoms with Crippen LogP contribution in [0.3, 0.4) is 0 Å². The highest BCUT2D eigenvalue weighted by atomic mass is 16.4. The summed E-state index contributed by atoms with van der Waals surface area (Å²) in [6, 6.07) is 7.76. The second-order valence-corrected chi connectivity index (χ2v) is 11.7. The third-order valence-electron chi connectivity index (χ3n) is 6.96. The first-order valence-electron chi connectivity index (χ1n) is 14.0. The van der Waals surface area contributed by atoms with Crippen LogP contribution in [0, 0.1) is 5.41 Å². The second-order valence-electron chi connectivity index (χ2n) is 11.7. The fraction of sp³-hybridized carbons (Fsp3) is 0.500. The number of carboxylic acid groups (broad SMARTS) is 1. The lowest BCUT2D eigenvalue weighted by molar-refractivity contribution is -0.142. The largest absolute Gasteiger partial charge is 0.508 e. The minimum atomic E-state index is -1.16. The van der Waals surface area contributed by atoms with Gasteiger partial charge < -0.3 is 31.5 Å². The van der Waals surface area contributed by atoms with E-state index in [2.05, 4.69) is 26.3 Å². The van der Waals surface area contributed by atoms with Crippen LogP contribution in [0.5, 0.6) is 5.75 Å². The van der Waals surface area contributed by atoms with Gasteiger partial charge in [0.05, 0.1) is 6.04 Å². The van der Waals surface area contributed by atoms with E-state index in [9.17, 15) is 29.4 Å². The van der Waals surface area contributed by atoms with Crippen molar-refractivity contribution in [3.05, 3.63) is 59.9 Å². The molecular formula is C30H41N5O6. The van der Waals surface area contributed by atoms with Gasteiger partial charge >= 0.3 is 5.97 Å². The van der Waals surface area contributed by atoms with Crippen molar-refractivity contribution >= 4 is 23.7 Å². The topological polar surface area (TPSA) is 170 Å². The van der Waals surface area contributed by atoms with Gasteiger partial charge in [-0.05, 0) is 67.5 Å². The number of phenols is 1. The van der Waals surface area contributed by atoms with Crippen molar-refractivity contribution in [2.75, 3.05) is 6.54 Å². The number of benzene rings is 1. The standard InChI is InChI=1S/C30H41N5O6/c1-30(2,3)14-13-23(29(40)41)33-28(39)25(18-20-7-4-5-15-31-20)35-27(38)24(17-19-9-11-21(36)12-10-19)34-26(37)22-8-6-16-32-22/h4-5,7,9-12,15,22-25,32,36H,6,8,13-14,16-18H2,1-3H3,(H,33,39)(H,34,37)(H,35,38)(H,40,41)/t22-,23-,24-,25-/m0/s1. The summed E-state index contributed by atoms with van der Waals surface area (Å²) < 4.78 is 0. The minimum Gasteiger partial charge on any atom is -0.508 e. The molecule has 222 valence electrons. The van der Waals surface area contributed by atoms with Crippen molar-refractivity contribution < 1.29 is 29.4 Å². The summed E-state index contributed by atoms with van der Waals surface area (Å²) in [7, 11) is 0. The van der Waals surface area contributed by atoms with Crippen LogP contribution < -0.4 is 21.3 Å². The number of nitrogens with one attached hydrogen (secondary N) is 4. The Hall–Kier alpha value is -3.99. The average molecular weight is 568 g/mol. The lowest BCUT2D eigenvalue weighted by Gasteiger charge is -2.26. The summed E-state index contributed by atoms with van der Waals surface area (Å²) in [6.45, 7) is 6.67. The lowest BCUT2D eigenvalue weighted by atomic mass is 9.88. The third kappa shape index (κ3) is 10.5. The van der Waals surface area contributed by atoms with Crippen LogP contribution in [0.25, 0.3) is 0 Å². The molecule has 1 fully saturated rings. The summed E-state index contributed by atoms with van der Waals surface area (Å²) in [5, 5.41) is 30.7. The quantitative estimate of drug-likeness (QED) is 0.212. The number of nitrogens with zero attached hydrogens (tertiary/aromatic N) is 1. The van der Waals surface area contributed by atoms with Crippen molar-refractivity contribution in [1.82, 2.24) is 26.3 Å². The monoisotopic (exact) mass is 567 g/mol. The predicted molar refractivity (Wildman–Crippen MR) is 153 cm³/mol. The highest BCUT2D eigenvalue weighted by Crippen LogP contribution is 2.22. The van der Waals surface area contributed by atoms with Gasteiger partial charge in [-0.25, -0.2) is 4.79 Å². The third-order valence-corrected chi connectivity index (χ3v) is 6.96.